The van der Waals surface area contributed by atoms with E-state index in [1.165, 1.54) is 11.8 Å². The lowest BCUT2D eigenvalue weighted by molar-refractivity contribution is -0.113. The highest BCUT2D eigenvalue weighted by atomic mass is 32.2. The van der Waals surface area contributed by atoms with E-state index in [2.05, 4.69) is 21.6 Å². The number of pyridine rings is 1. The molecule has 2 aromatic heterocycles. The van der Waals surface area contributed by atoms with Crippen LogP contribution in [0.25, 0.3) is 16.6 Å². The van der Waals surface area contributed by atoms with Crippen molar-refractivity contribution >= 4 is 45.6 Å². The first kappa shape index (κ1) is 20.0. The summed E-state index contributed by atoms with van der Waals surface area (Å²) in [5.41, 5.74) is 4.63. The number of hydrogen-bond donors (Lipinski definition) is 1. The molecular weight excluding hydrogens is 398 g/mol. The molecule has 0 fully saturated rings. The smallest absolute Gasteiger partial charge is 0.234 e. The van der Waals surface area contributed by atoms with E-state index in [9.17, 15) is 4.79 Å². The number of fused-ring (bicyclic) bond motifs is 3. The summed E-state index contributed by atoms with van der Waals surface area (Å²) in [7, 11) is 5.61. The Bertz CT molecular complexity index is 1220. The SMILES string of the molecule is COc1ccc2c(c1)cc(C)c1nnc(SCC(=O)Nc3ccc(N(C)C)cc3)n12. The zero-order chi connectivity index (χ0) is 21.3. The molecule has 0 aliphatic carbocycles. The van der Waals surface area contributed by atoms with Gasteiger partial charge in [-0.25, -0.2) is 0 Å². The van der Waals surface area contributed by atoms with Crippen molar-refractivity contribution in [2.75, 3.05) is 37.2 Å². The van der Waals surface area contributed by atoms with Gasteiger partial charge in [0.25, 0.3) is 0 Å². The number of carbonyl (C=O) groups is 1. The number of nitrogens with one attached hydrogen (secondary N) is 1. The van der Waals surface area contributed by atoms with E-state index in [-0.39, 0.29) is 11.7 Å². The standard InChI is InChI=1S/C22H23N5O2S/c1-14-11-15-12-18(29-4)9-10-19(15)27-21(14)24-25-22(27)30-13-20(28)23-16-5-7-17(8-6-16)26(2)3/h5-12H,13H2,1-4H3,(H,23,28). The summed E-state index contributed by atoms with van der Waals surface area (Å²) in [6.45, 7) is 2.00. The Morgan fingerprint density at radius 3 is 2.60 bits per heavy atom. The van der Waals surface area contributed by atoms with Gasteiger partial charge in [0.15, 0.2) is 10.8 Å². The maximum Gasteiger partial charge on any atom is 0.234 e. The minimum absolute atomic E-state index is 0.0898. The molecule has 2 aromatic carbocycles. The fourth-order valence-corrected chi connectivity index (χ4v) is 4.03. The molecule has 1 amide bonds. The van der Waals surface area contributed by atoms with E-state index in [1.54, 1.807) is 7.11 Å². The molecule has 4 aromatic rings. The predicted molar refractivity (Wildman–Crippen MR) is 122 cm³/mol. The van der Waals surface area contributed by atoms with Gasteiger partial charge < -0.3 is 15.0 Å². The first-order chi connectivity index (χ1) is 14.5. The maximum atomic E-state index is 12.5. The van der Waals surface area contributed by atoms with Gasteiger partial charge in [0.2, 0.25) is 5.91 Å². The van der Waals surface area contributed by atoms with Crippen LogP contribution < -0.4 is 15.0 Å². The Morgan fingerprint density at radius 1 is 1.13 bits per heavy atom. The fourth-order valence-electron chi connectivity index (χ4n) is 3.28. The second-order valence-corrected chi connectivity index (χ2v) is 8.11. The Balaban J connectivity index is 1.54. The van der Waals surface area contributed by atoms with E-state index in [0.717, 1.165) is 39.2 Å². The molecule has 7 nitrogen and oxygen atoms in total. The molecule has 0 aliphatic rings. The molecule has 0 saturated heterocycles. The van der Waals surface area contributed by atoms with Crippen LogP contribution in [0.2, 0.25) is 0 Å². The van der Waals surface area contributed by atoms with Crippen LogP contribution in [0.3, 0.4) is 0 Å². The van der Waals surface area contributed by atoms with Gasteiger partial charge in [-0.3, -0.25) is 9.20 Å². The second-order valence-electron chi connectivity index (χ2n) is 7.17. The molecule has 4 rings (SSSR count). The van der Waals surface area contributed by atoms with E-state index in [4.69, 9.17) is 4.74 Å². The van der Waals surface area contributed by atoms with Crippen LogP contribution in [0.15, 0.2) is 53.7 Å². The summed E-state index contributed by atoms with van der Waals surface area (Å²) in [4.78, 5) is 14.5. The van der Waals surface area contributed by atoms with Crippen LogP contribution in [-0.4, -0.2) is 47.5 Å². The van der Waals surface area contributed by atoms with Gasteiger partial charge in [-0.05, 0) is 61.0 Å². The molecule has 0 saturated carbocycles. The highest BCUT2D eigenvalue weighted by Gasteiger charge is 2.14. The minimum Gasteiger partial charge on any atom is -0.497 e. The normalized spacial score (nSPS) is 11.1. The first-order valence-corrected chi connectivity index (χ1v) is 10.5. The average Bonchev–Trinajstić information content (AvgIpc) is 3.17. The summed E-state index contributed by atoms with van der Waals surface area (Å²) < 4.78 is 7.33. The molecule has 30 heavy (non-hydrogen) atoms. The number of aromatic nitrogens is 3. The Morgan fingerprint density at radius 2 is 1.90 bits per heavy atom. The molecule has 0 aliphatic heterocycles. The maximum absolute atomic E-state index is 12.5. The number of ether oxygens (including phenoxy) is 1. The van der Waals surface area contributed by atoms with Crippen LogP contribution >= 0.6 is 11.8 Å². The van der Waals surface area contributed by atoms with Gasteiger partial charge in [-0.1, -0.05) is 11.8 Å². The third-order valence-corrected chi connectivity index (χ3v) is 5.76. The Hall–Kier alpha value is -3.26. The summed E-state index contributed by atoms with van der Waals surface area (Å²) in [5, 5.41) is 13.3. The minimum atomic E-state index is -0.0898. The van der Waals surface area contributed by atoms with Gasteiger partial charge in [-0.15, -0.1) is 10.2 Å². The topological polar surface area (TPSA) is 71.8 Å². The lowest BCUT2D eigenvalue weighted by Crippen LogP contribution is -2.14. The number of aryl methyl sites for hydroxylation is 1. The van der Waals surface area contributed by atoms with Gasteiger partial charge in [-0.2, -0.15) is 0 Å². The van der Waals surface area contributed by atoms with Crippen molar-refractivity contribution in [1.82, 2.24) is 14.6 Å². The van der Waals surface area contributed by atoms with Crippen molar-refractivity contribution < 1.29 is 9.53 Å². The molecular formula is C22H23N5O2S. The van der Waals surface area contributed by atoms with Gasteiger partial charge in [0, 0.05) is 30.9 Å². The van der Waals surface area contributed by atoms with Crippen LogP contribution in [0.5, 0.6) is 5.75 Å². The number of hydrogen-bond acceptors (Lipinski definition) is 6. The molecule has 8 heteroatoms. The largest absolute Gasteiger partial charge is 0.497 e. The van der Waals surface area contributed by atoms with Crippen LogP contribution in [0, 0.1) is 6.92 Å². The lowest BCUT2D eigenvalue weighted by atomic mass is 10.1. The third-order valence-electron chi connectivity index (χ3n) is 4.83. The van der Waals surface area contributed by atoms with Crippen LogP contribution in [0.1, 0.15) is 5.56 Å². The monoisotopic (exact) mass is 421 g/mol. The van der Waals surface area contributed by atoms with E-state index in [0.29, 0.717) is 5.16 Å². The van der Waals surface area contributed by atoms with Crippen LogP contribution in [-0.2, 0) is 4.79 Å². The average molecular weight is 422 g/mol. The quantitative estimate of drug-likeness (QED) is 0.475. The fraction of sp³-hybridized carbons (Fsp3) is 0.227. The number of nitrogens with zero attached hydrogens (tertiary/aromatic N) is 4. The third kappa shape index (κ3) is 3.91. The highest BCUT2D eigenvalue weighted by Crippen LogP contribution is 2.28. The molecule has 1 N–H and O–H groups in total. The molecule has 0 radical (unpaired) electrons. The summed E-state index contributed by atoms with van der Waals surface area (Å²) in [5.74, 6) is 0.943. The van der Waals surface area contributed by atoms with Crippen molar-refractivity contribution in [2.45, 2.75) is 12.1 Å². The molecule has 0 spiro atoms. The van der Waals surface area contributed by atoms with Crippen molar-refractivity contribution in [3.05, 3.63) is 54.1 Å². The molecule has 154 valence electrons. The van der Waals surface area contributed by atoms with Crippen molar-refractivity contribution in [1.29, 1.82) is 0 Å². The molecule has 0 bridgehead atoms. The van der Waals surface area contributed by atoms with E-state index < -0.39 is 0 Å². The molecule has 0 atom stereocenters. The van der Waals surface area contributed by atoms with Crippen molar-refractivity contribution in [3.8, 4) is 5.75 Å². The first-order valence-electron chi connectivity index (χ1n) is 9.49. The second kappa shape index (κ2) is 8.23. The number of thioether (sulfide) groups is 1. The van der Waals surface area contributed by atoms with Crippen LogP contribution in [0.4, 0.5) is 11.4 Å². The lowest BCUT2D eigenvalue weighted by Gasteiger charge is -2.13. The summed E-state index contributed by atoms with van der Waals surface area (Å²) >= 11 is 1.36. The number of amides is 1. The Kier molecular flexibility index (Phi) is 5.50. The molecule has 0 unspecified atom stereocenters. The number of methoxy groups -OCH3 is 1. The van der Waals surface area contributed by atoms with Crippen molar-refractivity contribution in [2.24, 2.45) is 0 Å². The Labute approximate surface area is 179 Å². The summed E-state index contributed by atoms with van der Waals surface area (Å²) in [6, 6.07) is 15.7. The zero-order valence-corrected chi connectivity index (χ0v) is 18.2. The number of rotatable bonds is 6. The number of carbonyl (C=O) groups excluding carboxylic acids is 1. The van der Waals surface area contributed by atoms with Gasteiger partial charge >= 0.3 is 0 Å². The predicted octanol–water partition coefficient (Wildman–Crippen LogP) is 4.00. The molecule has 2 heterocycles. The number of benzene rings is 2. The zero-order valence-electron chi connectivity index (χ0n) is 17.3. The van der Waals surface area contributed by atoms with E-state index in [1.807, 2.05) is 72.8 Å². The van der Waals surface area contributed by atoms with Crippen molar-refractivity contribution in [3.63, 3.8) is 0 Å². The van der Waals surface area contributed by atoms with E-state index >= 15 is 0 Å². The van der Waals surface area contributed by atoms with Gasteiger partial charge in [0.05, 0.1) is 18.4 Å². The number of anilines is 2. The van der Waals surface area contributed by atoms with Gasteiger partial charge in [0.1, 0.15) is 5.75 Å². The summed E-state index contributed by atoms with van der Waals surface area (Å²) in [6.07, 6.45) is 0. The highest BCUT2D eigenvalue weighted by molar-refractivity contribution is 7.99.